The Labute approximate surface area is 166 Å². The van der Waals surface area contributed by atoms with Crippen molar-refractivity contribution in [2.75, 3.05) is 26.4 Å². The molecular weight excluding hydrogens is 356 g/mol. The Hall–Kier alpha value is -2.53. The van der Waals surface area contributed by atoms with Gasteiger partial charge in [0.1, 0.15) is 17.1 Å². The van der Waals surface area contributed by atoms with Crippen molar-refractivity contribution < 1.29 is 23.7 Å². The summed E-state index contributed by atoms with van der Waals surface area (Å²) in [5.41, 5.74) is 1.76. The lowest BCUT2D eigenvalue weighted by molar-refractivity contribution is -0.145. The van der Waals surface area contributed by atoms with Crippen LogP contribution in [0.2, 0.25) is 0 Å². The Kier molecular flexibility index (Phi) is 6.57. The van der Waals surface area contributed by atoms with E-state index in [0.717, 1.165) is 17.7 Å². The predicted octanol–water partition coefficient (Wildman–Crippen LogP) is 4.45. The van der Waals surface area contributed by atoms with Crippen LogP contribution < -0.4 is 9.47 Å². The third kappa shape index (κ3) is 3.99. The molecule has 2 atom stereocenters. The van der Waals surface area contributed by atoms with E-state index in [1.54, 1.807) is 6.92 Å². The fraction of sp³-hybridized carbons (Fsp3) is 0.435. The minimum atomic E-state index is -0.488. The van der Waals surface area contributed by atoms with Gasteiger partial charge in [0.15, 0.2) is 6.61 Å². The monoisotopic (exact) mass is 384 g/mol. The van der Waals surface area contributed by atoms with Gasteiger partial charge in [0.25, 0.3) is 0 Å². The molecule has 3 rings (SSSR count). The van der Waals surface area contributed by atoms with Gasteiger partial charge in [-0.05, 0) is 44.0 Å². The number of carbonyl (C=O) groups excluding carboxylic acids is 1. The largest absolute Gasteiger partial charge is 0.482 e. The van der Waals surface area contributed by atoms with Gasteiger partial charge in [-0.25, -0.2) is 4.79 Å². The summed E-state index contributed by atoms with van der Waals surface area (Å²) in [6.07, 6.45) is 0.808. The molecule has 1 aliphatic heterocycles. The van der Waals surface area contributed by atoms with Crippen molar-refractivity contribution in [3.63, 3.8) is 0 Å². The molecular formula is C23H28O5. The van der Waals surface area contributed by atoms with Gasteiger partial charge in [0, 0.05) is 12.2 Å². The normalized spacial score (nSPS) is 20.3. The van der Waals surface area contributed by atoms with Gasteiger partial charge in [-0.2, -0.15) is 0 Å². The summed E-state index contributed by atoms with van der Waals surface area (Å²) in [6, 6.07) is 15.9. The summed E-state index contributed by atoms with van der Waals surface area (Å²) in [4.78, 5) is 11.5. The molecule has 5 nitrogen and oxygen atoms in total. The summed E-state index contributed by atoms with van der Waals surface area (Å²) in [5, 5.41) is 0. The highest BCUT2D eigenvalue weighted by molar-refractivity contribution is 5.71. The molecule has 150 valence electrons. The number of hydrogen-bond acceptors (Lipinski definition) is 5. The zero-order valence-corrected chi connectivity index (χ0v) is 16.8. The standard InChI is InChI=1S/C23H28O5/c1-4-23(17-11-13-18(14-12-17)27-16-22(24)26-6-3)20(15-25-5-2)19-9-7-8-10-21(19)28-23/h7-14,20H,4-6,15-16H2,1-3H3. The SMILES string of the molecule is CCOCC1c2ccccc2OC1(CC)c1ccc(OCC(=O)OCC)cc1. The van der Waals surface area contributed by atoms with Crippen LogP contribution in [-0.4, -0.2) is 32.4 Å². The number of ether oxygens (including phenoxy) is 4. The zero-order chi connectivity index (χ0) is 20.0. The van der Waals surface area contributed by atoms with Crippen LogP contribution in [0.25, 0.3) is 0 Å². The Morgan fingerprint density at radius 2 is 1.79 bits per heavy atom. The van der Waals surface area contributed by atoms with Crippen LogP contribution in [0.5, 0.6) is 11.5 Å². The minimum Gasteiger partial charge on any atom is -0.482 e. The number of para-hydroxylation sites is 1. The number of esters is 1. The highest BCUT2D eigenvalue weighted by Gasteiger charge is 2.48. The van der Waals surface area contributed by atoms with Gasteiger partial charge in [0.2, 0.25) is 0 Å². The number of carbonyl (C=O) groups is 1. The van der Waals surface area contributed by atoms with Gasteiger partial charge in [0.05, 0.1) is 19.1 Å². The first-order valence-electron chi connectivity index (χ1n) is 9.89. The molecule has 0 amide bonds. The van der Waals surface area contributed by atoms with Crippen LogP contribution in [0.15, 0.2) is 48.5 Å². The molecule has 0 aliphatic carbocycles. The molecule has 0 spiro atoms. The summed E-state index contributed by atoms with van der Waals surface area (Å²) in [7, 11) is 0. The topological polar surface area (TPSA) is 54.0 Å². The van der Waals surface area contributed by atoms with E-state index in [4.69, 9.17) is 18.9 Å². The number of hydrogen-bond donors (Lipinski definition) is 0. The van der Waals surface area contributed by atoms with Crippen molar-refractivity contribution in [1.82, 2.24) is 0 Å². The van der Waals surface area contributed by atoms with Crippen molar-refractivity contribution in [2.45, 2.75) is 38.7 Å². The molecule has 0 aromatic heterocycles. The molecule has 0 saturated carbocycles. The number of fused-ring (bicyclic) bond motifs is 1. The summed E-state index contributed by atoms with van der Waals surface area (Å²) >= 11 is 0. The summed E-state index contributed by atoms with van der Waals surface area (Å²) < 4.78 is 22.7. The highest BCUT2D eigenvalue weighted by atomic mass is 16.6. The van der Waals surface area contributed by atoms with Crippen molar-refractivity contribution >= 4 is 5.97 Å². The van der Waals surface area contributed by atoms with E-state index >= 15 is 0 Å². The zero-order valence-electron chi connectivity index (χ0n) is 16.8. The number of benzene rings is 2. The van der Waals surface area contributed by atoms with Crippen molar-refractivity contribution in [1.29, 1.82) is 0 Å². The third-order valence-electron chi connectivity index (χ3n) is 5.17. The van der Waals surface area contributed by atoms with Gasteiger partial charge >= 0.3 is 5.97 Å². The fourth-order valence-corrected chi connectivity index (χ4v) is 3.80. The minimum absolute atomic E-state index is 0.0962. The van der Waals surface area contributed by atoms with Gasteiger partial charge < -0.3 is 18.9 Å². The van der Waals surface area contributed by atoms with Crippen molar-refractivity contribution in [3.8, 4) is 11.5 Å². The quantitative estimate of drug-likeness (QED) is 0.598. The second-order valence-corrected chi connectivity index (χ2v) is 6.71. The van der Waals surface area contributed by atoms with E-state index in [-0.39, 0.29) is 18.5 Å². The Bertz CT molecular complexity index is 786. The van der Waals surface area contributed by atoms with Gasteiger partial charge in [-0.15, -0.1) is 0 Å². The van der Waals surface area contributed by atoms with Crippen LogP contribution in [-0.2, 0) is 19.9 Å². The molecule has 5 heteroatoms. The smallest absolute Gasteiger partial charge is 0.344 e. The first-order valence-corrected chi connectivity index (χ1v) is 9.89. The lowest BCUT2D eigenvalue weighted by Crippen LogP contribution is -2.36. The molecule has 0 fully saturated rings. The highest BCUT2D eigenvalue weighted by Crippen LogP contribution is 2.52. The van der Waals surface area contributed by atoms with E-state index in [9.17, 15) is 4.79 Å². The molecule has 0 radical (unpaired) electrons. The maximum absolute atomic E-state index is 11.5. The first kappa shape index (κ1) is 20.2. The summed E-state index contributed by atoms with van der Waals surface area (Å²) in [6.45, 7) is 7.43. The van der Waals surface area contributed by atoms with E-state index in [0.29, 0.717) is 25.6 Å². The van der Waals surface area contributed by atoms with Gasteiger partial charge in [-0.1, -0.05) is 37.3 Å². The molecule has 2 unspecified atom stereocenters. The first-order chi connectivity index (χ1) is 13.6. The van der Waals surface area contributed by atoms with Crippen LogP contribution in [0.4, 0.5) is 0 Å². The molecule has 0 N–H and O–H groups in total. The van der Waals surface area contributed by atoms with Crippen molar-refractivity contribution in [2.24, 2.45) is 0 Å². The van der Waals surface area contributed by atoms with Crippen molar-refractivity contribution in [3.05, 3.63) is 59.7 Å². The summed E-state index contributed by atoms with van der Waals surface area (Å²) in [5.74, 6) is 1.28. The van der Waals surface area contributed by atoms with E-state index < -0.39 is 5.60 Å². The molecule has 1 heterocycles. The Balaban J connectivity index is 1.84. The average Bonchev–Trinajstić information content (AvgIpc) is 3.06. The fourth-order valence-electron chi connectivity index (χ4n) is 3.80. The van der Waals surface area contributed by atoms with Gasteiger partial charge in [-0.3, -0.25) is 0 Å². The average molecular weight is 384 g/mol. The van der Waals surface area contributed by atoms with E-state index in [1.165, 1.54) is 5.56 Å². The molecule has 2 aromatic rings. The van der Waals surface area contributed by atoms with Crippen LogP contribution in [0.1, 0.15) is 44.2 Å². The lowest BCUT2D eigenvalue weighted by Gasteiger charge is -2.34. The molecule has 0 saturated heterocycles. The van der Waals surface area contributed by atoms with E-state index in [1.807, 2.05) is 49.4 Å². The molecule has 0 bridgehead atoms. The molecule has 1 aliphatic rings. The maximum Gasteiger partial charge on any atom is 0.344 e. The van der Waals surface area contributed by atoms with E-state index in [2.05, 4.69) is 13.0 Å². The second kappa shape index (κ2) is 9.11. The predicted molar refractivity (Wildman–Crippen MR) is 107 cm³/mol. The number of rotatable bonds is 9. The lowest BCUT2D eigenvalue weighted by atomic mass is 9.77. The Morgan fingerprint density at radius 1 is 1.04 bits per heavy atom. The molecule has 28 heavy (non-hydrogen) atoms. The van der Waals surface area contributed by atoms with Crippen LogP contribution >= 0.6 is 0 Å². The molecule has 2 aromatic carbocycles. The maximum atomic E-state index is 11.5. The van der Waals surface area contributed by atoms with Crippen LogP contribution in [0, 0.1) is 0 Å². The Morgan fingerprint density at radius 3 is 2.46 bits per heavy atom. The van der Waals surface area contributed by atoms with Crippen LogP contribution in [0.3, 0.4) is 0 Å². The third-order valence-corrected chi connectivity index (χ3v) is 5.17. The second-order valence-electron chi connectivity index (χ2n) is 6.71.